The normalized spacial score (nSPS) is 12.8. The first-order valence-corrected chi connectivity index (χ1v) is 8.85. The fourth-order valence-corrected chi connectivity index (χ4v) is 3.63. The zero-order valence-corrected chi connectivity index (χ0v) is 14.7. The van der Waals surface area contributed by atoms with Crippen LogP contribution in [0.1, 0.15) is 11.7 Å². The Bertz CT molecular complexity index is 813. The van der Waals surface area contributed by atoms with Gasteiger partial charge in [0, 0.05) is 18.7 Å². The van der Waals surface area contributed by atoms with Crippen LogP contribution in [0.5, 0.6) is 5.75 Å². The molecule has 8 heteroatoms. The lowest BCUT2D eigenvalue weighted by atomic mass is 10.1. The molecule has 0 fully saturated rings. The SMILES string of the molecule is COc1ccc(Cl)cc1S(=O)(=O)NCC(OC)c1cccc(F)c1. The molecule has 0 amide bonds. The van der Waals surface area contributed by atoms with E-state index in [2.05, 4.69) is 4.72 Å². The quantitative estimate of drug-likeness (QED) is 0.809. The van der Waals surface area contributed by atoms with E-state index in [0.29, 0.717) is 5.56 Å². The van der Waals surface area contributed by atoms with Crippen molar-refractivity contribution in [2.75, 3.05) is 20.8 Å². The molecule has 5 nitrogen and oxygen atoms in total. The number of hydrogen-bond acceptors (Lipinski definition) is 4. The van der Waals surface area contributed by atoms with Crippen molar-refractivity contribution in [2.45, 2.75) is 11.0 Å². The molecule has 0 aliphatic heterocycles. The standard InChI is InChI=1S/C16H17ClFNO4S/c1-22-14-7-6-12(17)9-16(14)24(20,21)19-10-15(23-2)11-4-3-5-13(18)8-11/h3-9,15,19H,10H2,1-2H3. The van der Waals surface area contributed by atoms with E-state index in [1.807, 2.05) is 0 Å². The first-order valence-electron chi connectivity index (χ1n) is 6.99. The number of ether oxygens (including phenoxy) is 2. The summed E-state index contributed by atoms with van der Waals surface area (Å²) in [4.78, 5) is -0.0772. The van der Waals surface area contributed by atoms with E-state index >= 15 is 0 Å². The largest absolute Gasteiger partial charge is 0.495 e. The van der Waals surface area contributed by atoms with Gasteiger partial charge in [0.2, 0.25) is 10.0 Å². The summed E-state index contributed by atoms with van der Waals surface area (Å²) in [5.74, 6) is -0.250. The molecular formula is C16H17ClFNO4S. The lowest BCUT2D eigenvalue weighted by Gasteiger charge is -2.17. The molecule has 2 aromatic carbocycles. The third-order valence-corrected chi connectivity index (χ3v) is 5.06. The number of sulfonamides is 1. The molecule has 1 N–H and O–H groups in total. The molecule has 2 rings (SSSR count). The Kier molecular flexibility index (Phi) is 6.17. The minimum absolute atomic E-state index is 0.0715. The number of rotatable bonds is 7. The van der Waals surface area contributed by atoms with E-state index in [4.69, 9.17) is 21.1 Å². The predicted molar refractivity (Wildman–Crippen MR) is 89.3 cm³/mol. The van der Waals surface area contributed by atoms with Crippen LogP contribution in [0, 0.1) is 5.82 Å². The van der Waals surface area contributed by atoms with Gasteiger partial charge in [0.05, 0.1) is 13.2 Å². The van der Waals surface area contributed by atoms with Crippen molar-refractivity contribution in [3.05, 3.63) is 58.9 Å². The zero-order chi connectivity index (χ0) is 17.7. The van der Waals surface area contributed by atoms with Crippen LogP contribution in [-0.2, 0) is 14.8 Å². The lowest BCUT2D eigenvalue weighted by molar-refractivity contribution is 0.107. The maximum Gasteiger partial charge on any atom is 0.244 e. The zero-order valence-electron chi connectivity index (χ0n) is 13.1. The van der Waals surface area contributed by atoms with Crippen molar-refractivity contribution in [1.82, 2.24) is 4.72 Å². The first kappa shape index (κ1) is 18.7. The van der Waals surface area contributed by atoms with E-state index in [-0.39, 0.29) is 22.2 Å². The highest BCUT2D eigenvalue weighted by Gasteiger charge is 2.22. The third-order valence-electron chi connectivity index (χ3n) is 3.38. The molecule has 1 atom stereocenters. The Balaban J connectivity index is 2.21. The van der Waals surface area contributed by atoms with Crippen LogP contribution >= 0.6 is 11.6 Å². The van der Waals surface area contributed by atoms with Crippen molar-refractivity contribution in [2.24, 2.45) is 0 Å². The fourth-order valence-electron chi connectivity index (χ4n) is 2.17. The van der Waals surface area contributed by atoms with Crippen molar-refractivity contribution >= 4 is 21.6 Å². The van der Waals surface area contributed by atoms with Crippen LogP contribution in [0.15, 0.2) is 47.4 Å². The molecule has 0 saturated carbocycles. The summed E-state index contributed by atoms with van der Waals surface area (Å²) in [6.07, 6.45) is -0.638. The van der Waals surface area contributed by atoms with Crippen molar-refractivity contribution in [3.8, 4) is 5.75 Å². The van der Waals surface area contributed by atoms with Gasteiger partial charge in [0.1, 0.15) is 16.5 Å². The summed E-state index contributed by atoms with van der Waals surface area (Å²) in [7, 11) is -1.09. The molecule has 24 heavy (non-hydrogen) atoms. The van der Waals surface area contributed by atoms with Crippen LogP contribution in [0.25, 0.3) is 0 Å². The summed E-state index contributed by atoms with van der Waals surface area (Å²) in [6.45, 7) is -0.0715. The van der Waals surface area contributed by atoms with Gasteiger partial charge in [-0.2, -0.15) is 0 Å². The van der Waals surface area contributed by atoms with Gasteiger partial charge in [0.25, 0.3) is 0 Å². The molecule has 0 heterocycles. The minimum atomic E-state index is -3.88. The Morgan fingerprint density at radius 3 is 2.58 bits per heavy atom. The van der Waals surface area contributed by atoms with Crippen molar-refractivity contribution in [3.63, 3.8) is 0 Å². The van der Waals surface area contributed by atoms with E-state index < -0.39 is 21.9 Å². The second-order valence-electron chi connectivity index (χ2n) is 4.93. The highest BCUT2D eigenvalue weighted by molar-refractivity contribution is 7.89. The second-order valence-corrected chi connectivity index (χ2v) is 7.10. The molecule has 0 saturated heterocycles. The molecule has 1 unspecified atom stereocenters. The Labute approximate surface area is 145 Å². The number of benzene rings is 2. The predicted octanol–water partition coefficient (Wildman–Crippen LogP) is 3.15. The van der Waals surface area contributed by atoms with E-state index in [9.17, 15) is 12.8 Å². The van der Waals surface area contributed by atoms with Crippen LogP contribution in [-0.4, -0.2) is 29.2 Å². The molecule has 0 bridgehead atoms. The molecule has 130 valence electrons. The number of halogens is 2. The maximum atomic E-state index is 13.3. The van der Waals surface area contributed by atoms with Gasteiger partial charge < -0.3 is 9.47 Å². The maximum absolute atomic E-state index is 13.3. The first-order chi connectivity index (χ1) is 11.4. The summed E-state index contributed by atoms with van der Waals surface area (Å²) in [5, 5.41) is 0.268. The van der Waals surface area contributed by atoms with E-state index in [1.54, 1.807) is 6.07 Å². The Hall–Kier alpha value is -1.67. The van der Waals surface area contributed by atoms with Crippen LogP contribution in [0.2, 0.25) is 5.02 Å². The average Bonchev–Trinajstić information content (AvgIpc) is 2.55. The highest BCUT2D eigenvalue weighted by Crippen LogP contribution is 2.27. The number of hydrogen-bond donors (Lipinski definition) is 1. The van der Waals surface area contributed by atoms with Crippen LogP contribution in [0.4, 0.5) is 4.39 Å². The smallest absolute Gasteiger partial charge is 0.244 e. The summed E-state index contributed by atoms with van der Waals surface area (Å²) >= 11 is 5.87. The molecule has 0 spiro atoms. The summed E-state index contributed by atoms with van der Waals surface area (Å²) in [6, 6.07) is 10.1. The second kappa shape index (κ2) is 7.94. The van der Waals surface area contributed by atoms with Gasteiger partial charge in [-0.1, -0.05) is 23.7 Å². The van der Waals surface area contributed by atoms with Crippen LogP contribution in [0.3, 0.4) is 0 Å². The van der Waals surface area contributed by atoms with E-state index in [1.165, 1.54) is 50.6 Å². The Morgan fingerprint density at radius 1 is 1.21 bits per heavy atom. The molecule has 0 aromatic heterocycles. The Morgan fingerprint density at radius 2 is 1.96 bits per heavy atom. The van der Waals surface area contributed by atoms with Gasteiger partial charge in [-0.15, -0.1) is 0 Å². The third kappa shape index (κ3) is 4.45. The van der Waals surface area contributed by atoms with Gasteiger partial charge in [-0.05, 0) is 35.9 Å². The minimum Gasteiger partial charge on any atom is -0.495 e. The molecule has 0 aliphatic rings. The lowest BCUT2D eigenvalue weighted by Crippen LogP contribution is -2.29. The number of methoxy groups -OCH3 is 2. The van der Waals surface area contributed by atoms with Gasteiger partial charge in [-0.25, -0.2) is 17.5 Å². The van der Waals surface area contributed by atoms with Gasteiger partial charge >= 0.3 is 0 Å². The number of nitrogens with one attached hydrogen (secondary N) is 1. The summed E-state index contributed by atoms with van der Waals surface area (Å²) in [5.41, 5.74) is 0.526. The molecule has 0 radical (unpaired) electrons. The topological polar surface area (TPSA) is 64.6 Å². The average molecular weight is 374 g/mol. The fraction of sp³-hybridized carbons (Fsp3) is 0.250. The molecular weight excluding hydrogens is 357 g/mol. The van der Waals surface area contributed by atoms with Gasteiger partial charge in [-0.3, -0.25) is 0 Å². The highest BCUT2D eigenvalue weighted by atomic mass is 35.5. The van der Waals surface area contributed by atoms with Gasteiger partial charge in [0.15, 0.2) is 0 Å². The van der Waals surface area contributed by atoms with Crippen LogP contribution < -0.4 is 9.46 Å². The molecule has 0 aliphatic carbocycles. The monoisotopic (exact) mass is 373 g/mol. The van der Waals surface area contributed by atoms with Crippen molar-refractivity contribution in [1.29, 1.82) is 0 Å². The van der Waals surface area contributed by atoms with E-state index in [0.717, 1.165) is 0 Å². The molecule has 2 aromatic rings. The summed E-state index contributed by atoms with van der Waals surface area (Å²) < 4.78 is 51.1. The van der Waals surface area contributed by atoms with Crippen molar-refractivity contribution < 1.29 is 22.3 Å².